The van der Waals surface area contributed by atoms with Gasteiger partial charge in [0.25, 0.3) is 5.91 Å². The number of rotatable bonds is 6. The van der Waals surface area contributed by atoms with Gasteiger partial charge in [-0.2, -0.15) is 0 Å². The standard InChI is InChI=1S/C19H25N5O3/c1-13(2)24-12-20-22-17(24)10-18(25)23-9-8-14(11-23)21-19(26)15-6-4-5-7-16(15)27-3/h4-7,12-14H,8-11H2,1-3H3,(H,21,26)/t14-/m1/s1. The normalized spacial score (nSPS) is 16.6. The van der Waals surface area contributed by atoms with E-state index in [0.29, 0.717) is 30.2 Å². The molecule has 2 aromatic rings. The molecule has 0 radical (unpaired) electrons. The van der Waals surface area contributed by atoms with Gasteiger partial charge in [0, 0.05) is 25.2 Å². The van der Waals surface area contributed by atoms with Gasteiger partial charge in [-0.1, -0.05) is 12.1 Å². The predicted molar refractivity (Wildman–Crippen MR) is 99.6 cm³/mol. The Kier molecular flexibility index (Phi) is 5.73. The van der Waals surface area contributed by atoms with Gasteiger partial charge in [0.05, 0.1) is 19.1 Å². The number of nitrogens with one attached hydrogen (secondary N) is 1. The maximum atomic E-state index is 12.6. The lowest BCUT2D eigenvalue weighted by molar-refractivity contribution is -0.129. The summed E-state index contributed by atoms with van der Waals surface area (Å²) in [6, 6.07) is 7.23. The lowest BCUT2D eigenvalue weighted by atomic mass is 10.1. The summed E-state index contributed by atoms with van der Waals surface area (Å²) in [4.78, 5) is 26.9. The molecule has 1 atom stereocenters. The van der Waals surface area contributed by atoms with Crippen LogP contribution in [0.2, 0.25) is 0 Å². The fourth-order valence-electron chi connectivity index (χ4n) is 3.27. The molecular weight excluding hydrogens is 346 g/mol. The van der Waals surface area contributed by atoms with E-state index in [1.165, 1.54) is 7.11 Å². The third-order valence-electron chi connectivity index (χ3n) is 4.74. The molecule has 8 nitrogen and oxygen atoms in total. The molecule has 1 aliphatic heterocycles. The van der Waals surface area contributed by atoms with Crippen LogP contribution in [0, 0.1) is 0 Å². The summed E-state index contributed by atoms with van der Waals surface area (Å²) in [5, 5.41) is 11.0. The van der Waals surface area contributed by atoms with Gasteiger partial charge in [0.15, 0.2) is 0 Å². The molecule has 1 aromatic carbocycles. The largest absolute Gasteiger partial charge is 0.496 e. The van der Waals surface area contributed by atoms with Crippen molar-refractivity contribution < 1.29 is 14.3 Å². The minimum Gasteiger partial charge on any atom is -0.496 e. The number of aromatic nitrogens is 3. The van der Waals surface area contributed by atoms with Crippen molar-refractivity contribution in [2.24, 2.45) is 0 Å². The summed E-state index contributed by atoms with van der Waals surface area (Å²) >= 11 is 0. The number of methoxy groups -OCH3 is 1. The molecular formula is C19H25N5O3. The highest BCUT2D eigenvalue weighted by molar-refractivity contribution is 5.97. The van der Waals surface area contributed by atoms with Gasteiger partial charge in [-0.25, -0.2) is 0 Å². The van der Waals surface area contributed by atoms with Crippen LogP contribution in [0.1, 0.15) is 42.5 Å². The first-order valence-electron chi connectivity index (χ1n) is 9.09. The molecule has 1 aromatic heterocycles. The lowest BCUT2D eigenvalue weighted by Gasteiger charge is -2.18. The average Bonchev–Trinajstić information content (AvgIpc) is 3.31. The number of carbonyl (C=O) groups excluding carboxylic acids is 2. The second-order valence-corrected chi connectivity index (χ2v) is 6.92. The zero-order chi connectivity index (χ0) is 19.4. The van der Waals surface area contributed by atoms with Crippen molar-refractivity contribution in [2.45, 2.75) is 38.8 Å². The molecule has 0 aliphatic carbocycles. The third-order valence-corrected chi connectivity index (χ3v) is 4.74. The van der Waals surface area contributed by atoms with Crippen LogP contribution >= 0.6 is 0 Å². The van der Waals surface area contributed by atoms with E-state index in [1.54, 1.807) is 29.4 Å². The summed E-state index contributed by atoms with van der Waals surface area (Å²) in [7, 11) is 1.54. The van der Waals surface area contributed by atoms with Crippen LogP contribution in [0.15, 0.2) is 30.6 Å². The zero-order valence-electron chi connectivity index (χ0n) is 15.9. The molecule has 1 fully saturated rings. The Morgan fingerprint density at radius 1 is 1.33 bits per heavy atom. The molecule has 2 amide bonds. The Morgan fingerprint density at radius 3 is 2.85 bits per heavy atom. The molecule has 0 unspecified atom stereocenters. The number of hydrogen-bond donors (Lipinski definition) is 1. The fraction of sp³-hybridized carbons (Fsp3) is 0.474. The Morgan fingerprint density at radius 2 is 2.11 bits per heavy atom. The molecule has 1 aliphatic rings. The van der Waals surface area contributed by atoms with Crippen molar-refractivity contribution in [2.75, 3.05) is 20.2 Å². The first kappa shape index (κ1) is 18.9. The number of para-hydroxylation sites is 1. The summed E-state index contributed by atoms with van der Waals surface area (Å²) in [5.41, 5.74) is 0.495. The maximum Gasteiger partial charge on any atom is 0.255 e. The SMILES string of the molecule is COc1ccccc1C(=O)N[C@@H]1CCN(C(=O)Cc2nncn2C(C)C)C1. The summed E-state index contributed by atoms with van der Waals surface area (Å²) < 4.78 is 7.14. The molecule has 27 heavy (non-hydrogen) atoms. The first-order valence-corrected chi connectivity index (χ1v) is 9.09. The quantitative estimate of drug-likeness (QED) is 0.830. The first-order chi connectivity index (χ1) is 13.0. The number of carbonyl (C=O) groups is 2. The number of likely N-dealkylation sites (tertiary alicyclic amines) is 1. The Bertz CT molecular complexity index is 817. The van der Waals surface area contributed by atoms with Crippen LogP contribution < -0.4 is 10.1 Å². The van der Waals surface area contributed by atoms with E-state index < -0.39 is 0 Å². The smallest absolute Gasteiger partial charge is 0.255 e. The van der Waals surface area contributed by atoms with Crippen LogP contribution in [-0.4, -0.2) is 57.7 Å². The van der Waals surface area contributed by atoms with E-state index in [9.17, 15) is 9.59 Å². The summed E-state index contributed by atoms with van der Waals surface area (Å²) in [6.07, 6.45) is 2.59. The van der Waals surface area contributed by atoms with Gasteiger partial charge in [-0.3, -0.25) is 9.59 Å². The molecule has 144 valence electrons. The van der Waals surface area contributed by atoms with E-state index >= 15 is 0 Å². The van der Waals surface area contributed by atoms with Crippen LogP contribution in [0.4, 0.5) is 0 Å². The van der Waals surface area contributed by atoms with Gasteiger partial charge in [-0.05, 0) is 32.4 Å². The van der Waals surface area contributed by atoms with E-state index in [-0.39, 0.29) is 30.3 Å². The highest BCUT2D eigenvalue weighted by Gasteiger charge is 2.29. The fourth-order valence-corrected chi connectivity index (χ4v) is 3.27. The molecule has 1 N–H and O–H groups in total. The van der Waals surface area contributed by atoms with E-state index in [1.807, 2.05) is 24.5 Å². The highest BCUT2D eigenvalue weighted by Crippen LogP contribution is 2.18. The monoisotopic (exact) mass is 371 g/mol. The molecule has 0 spiro atoms. The number of benzene rings is 1. The van der Waals surface area contributed by atoms with Crippen molar-refractivity contribution >= 4 is 11.8 Å². The zero-order valence-corrected chi connectivity index (χ0v) is 15.9. The van der Waals surface area contributed by atoms with Crippen molar-refractivity contribution in [1.82, 2.24) is 25.0 Å². The van der Waals surface area contributed by atoms with Crippen LogP contribution in [0.5, 0.6) is 5.75 Å². The predicted octanol–water partition coefficient (Wildman–Crippen LogP) is 1.44. The minimum atomic E-state index is -0.189. The van der Waals surface area contributed by atoms with Crippen LogP contribution in [-0.2, 0) is 11.2 Å². The van der Waals surface area contributed by atoms with E-state index in [4.69, 9.17) is 4.74 Å². The summed E-state index contributed by atoms with van der Waals surface area (Å²) in [5.74, 6) is 1.01. The van der Waals surface area contributed by atoms with E-state index in [0.717, 1.165) is 6.42 Å². The average molecular weight is 371 g/mol. The molecule has 8 heteroatoms. The second kappa shape index (κ2) is 8.20. The summed E-state index contributed by atoms with van der Waals surface area (Å²) in [6.45, 7) is 5.16. The number of amides is 2. The Hall–Kier alpha value is -2.90. The molecule has 3 rings (SSSR count). The maximum absolute atomic E-state index is 12.6. The van der Waals surface area contributed by atoms with E-state index in [2.05, 4.69) is 15.5 Å². The number of hydrogen-bond acceptors (Lipinski definition) is 5. The minimum absolute atomic E-state index is 0.000981. The third kappa shape index (κ3) is 4.27. The van der Waals surface area contributed by atoms with Crippen molar-refractivity contribution in [1.29, 1.82) is 0 Å². The lowest BCUT2D eigenvalue weighted by Crippen LogP contribution is -2.39. The Balaban J connectivity index is 1.57. The van der Waals surface area contributed by atoms with Crippen LogP contribution in [0.3, 0.4) is 0 Å². The van der Waals surface area contributed by atoms with Crippen molar-refractivity contribution in [3.05, 3.63) is 42.0 Å². The molecule has 2 heterocycles. The molecule has 0 saturated carbocycles. The second-order valence-electron chi connectivity index (χ2n) is 6.92. The van der Waals surface area contributed by atoms with Crippen molar-refractivity contribution in [3.8, 4) is 5.75 Å². The van der Waals surface area contributed by atoms with Crippen LogP contribution in [0.25, 0.3) is 0 Å². The number of ether oxygens (including phenoxy) is 1. The topological polar surface area (TPSA) is 89.3 Å². The van der Waals surface area contributed by atoms with Gasteiger partial charge >= 0.3 is 0 Å². The molecule has 0 bridgehead atoms. The van der Waals surface area contributed by atoms with Gasteiger partial charge < -0.3 is 19.5 Å². The van der Waals surface area contributed by atoms with Gasteiger partial charge in [-0.15, -0.1) is 10.2 Å². The van der Waals surface area contributed by atoms with Gasteiger partial charge in [0.2, 0.25) is 5.91 Å². The van der Waals surface area contributed by atoms with Crippen molar-refractivity contribution in [3.63, 3.8) is 0 Å². The molecule has 1 saturated heterocycles. The number of nitrogens with zero attached hydrogens (tertiary/aromatic N) is 4. The Labute approximate surface area is 158 Å². The van der Waals surface area contributed by atoms with Gasteiger partial charge in [0.1, 0.15) is 17.9 Å². The highest BCUT2D eigenvalue weighted by atomic mass is 16.5.